The Morgan fingerprint density at radius 1 is 1.00 bits per heavy atom. The number of amides is 2. The summed E-state index contributed by atoms with van der Waals surface area (Å²) in [5.74, 6) is 0.0186. The lowest BCUT2D eigenvalue weighted by atomic mass is 10.1. The lowest BCUT2D eigenvalue weighted by Crippen LogP contribution is -2.49. The van der Waals surface area contributed by atoms with E-state index < -0.39 is 6.09 Å². The summed E-state index contributed by atoms with van der Waals surface area (Å²) < 4.78 is 4.85. The van der Waals surface area contributed by atoms with E-state index in [0.717, 1.165) is 31.1 Å². The Morgan fingerprint density at radius 3 is 2.28 bits per heavy atom. The summed E-state index contributed by atoms with van der Waals surface area (Å²) in [4.78, 5) is 28.4. The molecule has 1 saturated heterocycles. The predicted molar refractivity (Wildman–Crippen MR) is 115 cm³/mol. The molecule has 154 valence electrons. The first kappa shape index (κ1) is 21.1. The molecule has 1 aliphatic heterocycles. The number of nitrogens with one attached hydrogen (secondary N) is 1. The van der Waals surface area contributed by atoms with Crippen LogP contribution in [0, 0.1) is 0 Å². The predicted octanol–water partition coefficient (Wildman–Crippen LogP) is 3.91. The fourth-order valence-corrected chi connectivity index (χ4v) is 3.40. The van der Waals surface area contributed by atoms with Crippen LogP contribution in [0.5, 0.6) is 0 Å². The van der Waals surface area contributed by atoms with Gasteiger partial charge in [0.1, 0.15) is 0 Å². The highest BCUT2D eigenvalue weighted by Gasteiger charge is 2.22. The van der Waals surface area contributed by atoms with Crippen molar-refractivity contribution in [2.75, 3.05) is 44.6 Å². The van der Waals surface area contributed by atoms with E-state index in [0.29, 0.717) is 30.9 Å². The third-order valence-electron chi connectivity index (χ3n) is 4.94. The second-order valence-electron chi connectivity index (χ2n) is 6.93. The van der Waals surface area contributed by atoms with E-state index in [4.69, 9.17) is 16.3 Å². The number of hydrogen-bond acceptors (Lipinski definition) is 4. The minimum Gasteiger partial charge on any atom is -0.450 e. The number of nitrogens with zero attached hydrogens (tertiary/aromatic N) is 2. The molecule has 0 aliphatic carbocycles. The molecule has 3 rings (SSSR count). The van der Waals surface area contributed by atoms with Crippen molar-refractivity contribution in [2.24, 2.45) is 0 Å². The van der Waals surface area contributed by atoms with Gasteiger partial charge in [0, 0.05) is 49.0 Å². The van der Waals surface area contributed by atoms with E-state index in [1.54, 1.807) is 31.2 Å². The van der Waals surface area contributed by atoms with Gasteiger partial charge < -0.3 is 9.64 Å². The minimum absolute atomic E-state index is 0.0186. The number of ether oxygens (including phenoxy) is 1. The van der Waals surface area contributed by atoms with Gasteiger partial charge >= 0.3 is 6.09 Å². The van der Waals surface area contributed by atoms with Crippen molar-refractivity contribution in [3.8, 4) is 0 Å². The van der Waals surface area contributed by atoms with E-state index in [1.165, 1.54) is 5.56 Å². The number of rotatable bonds is 6. The molecule has 2 amide bonds. The van der Waals surface area contributed by atoms with Gasteiger partial charge in [-0.05, 0) is 55.3 Å². The van der Waals surface area contributed by atoms with Gasteiger partial charge in [0.15, 0.2) is 0 Å². The normalized spacial score (nSPS) is 14.5. The minimum atomic E-state index is -0.499. The van der Waals surface area contributed by atoms with Gasteiger partial charge in [-0.3, -0.25) is 15.0 Å². The Labute approximate surface area is 176 Å². The molecule has 2 aromatic carbocycles. The SMILES string of the molecule is CCOC(=O)Nc1ccc(C(=O)N2CCN(CCc3ccc(Cl)cc3)CC2)cc1. The summed E-state index contributed by atoms with van der Waals surface area (Å²) in [6.45, 7) is 6.18. The monoisotopic (exact) mass is 415 g/mol. The number of carbonyl (C=O) groups excluding carboxylic acids is 2. The number of hydrogen-bond donors (Lipinski definition) is 1. The molecule has 1 aliphatic rings. The molecule has 1 heterocycles. The van der Waals surface area contributed by atoms with Crippen LogP contribution in [-0.4, -0.2) is 61.1 Å². The first-order valence-corrected chi connectivity index (χ1v) is 10.2. The molecule has 0 bridgehead atoms. The smallest absolute Gasteiger partial charge is 0.411 e. The van der Waals surface area contributed by atoms with Crippen molar-refractivity contribution >= 4 is 29.3 Å². The molecule has 6 nitrogen and oxygen atoms in total. The average molecular weight is 416 g/mol. The zero-order chi connectivity index (χ0) is 20.6. The van der Waals surface area contributed by atoms with Crippen LogP contribution in [0.15, 0.2) is 48.5 Å². The van der Waals surface area contributed by atoms with Gasteiger partial charge in [-0.2, -0.15) is 0 Å². The Balaban J connectivity index is 1.45. The third kappa shape index (κ3) is 6.21. The van der Waals surface area contributed by atoms with Gasteiger partial charge in [-0.25, -0.2) is 4.79 Å². The number of anilines is 1. The zero-order valence-corrected chi connectivity index (χ0v) is 17.3. The van der Waals surface area contributed by atoms with Gasteiger partial charge in [0.2, 0.25) is 0 Å². The molecular formula is C22H26ClN3O3. The molecule has 0 spiro atoms. The molecule has 0 unspecified atom stereocenters. The molecule has 0 atom stereocenters. The maximum atomic E-state index is 12.7. The van der Waals surface area contributed by atoms with Crippen LogP contribution in [0.1, 0.15) is 22.8 Å². The second kappa shape index (κ2) is 10.3. The summed E-state index contributed by atoms with van der Waals surface area (Å²) in [6.07, 6.45) is 0.473. The molecule has 0 aromatic heterocycles. The van der Waals surface area contributed by atoms with Crippen LogP contribution in [0.2, 0.25) is 5.02 Å². The van der Waals surface area contributed by atoms with E-state index in [9.17, 15) is 9.59 Å². The summed E-state index contributed by atoms with van der Waals surface area (Å²) in [6, 6.07) is 14.8. The zero-order valence-electron chi connectivity index (χ0n) is 16.6. The summed E-state index contributed by atoms with van der Waals surface area (Å²) in [5, 5.41) is 3.38. The lowest BCUT2D eigenvalue weighted by Gasteiger charge is -2.34. The topological polar surface area (TPSA) is 61.9 Å². The van der Waals surface area contributed by atoms with Gasteiger partial charge in [-0.1, -0.05) is 23.7 Å². The molecule has 1 N–H and O–H groups in total. The van der Waals surface area contributed by atoms with Gasteiger partial charge in [-0.15, -0.1) is 0 Å². The molecule has 0 radical (unpaired) electrons. The summed E-state index contributed by atoms with van der Waals surface area (Å²) in [5.41, 5.74) is 2.49. The van der Waals surface area contributed by atoms with Crippen LogP contribution >= 0.6 is 11.6 Å². The molecule has 1 fully saturated rings. The quantitative estimate of drug-likeness (QED) is 0.777. The molecular weight excluding hydrogens is 390 g/mol. The Morgan fingerprint density at radius 2 is 1.66 bits per heavy atom. The van der Waals surface area contributed by atoms with Gasteiger partial charge in [0.25, 0.3) is 5.91 Å². The molecule has 29 heavy (non-hydrogen) atoms. The van der Waals surface area contributed by atoms with E-state index in [2.05, 4.69) is 22.3 Å². The highest BCUT2D eigenvalue weighted by Crippen LogP contribution is 2.14. The summed E-state index contributed by atoms with van der Waals surface area (Å²) >= 11 is 5.93. The van der Waals surface area contributed by atoms with E-state index in [-0.39, 0.29) is 5.91 Å². The summed E-state index contributed by atoms with van der Waals surface area (Å²) in [7, 11) is 0. The number of piperazine rings is 1. The fourth-order valence-electron chi connectivity index (χ4n) is 3.28. The van der Waals surface area contributed by atoms with Crippen LogP contribution in [-0.2, 0) is 11.2 Å². The Hall–Kier alpha value is -2.57. The largest absolute Gasteiger partial charge is 0.450 e. The Bertz CT molecular complexity index is 816. The molecule has 2 aromatic rings. The van der Waals surface area contributed by atoms with E-state index >= 15 is 0 Å². The number of carbonyl (C=O) groups is 2. The second-order valence-corrected chi connectivity index (χ2v) is 7.37. The van der Waals surface area contributed by atoms with Crippen LogP contribution in [0.3, 0.4) is 0 Å². The first-order chi connectivity index (χ1) is 14.0. The van der Waals surface area contributed by atoms with Crippen molar-refractivity contribution < 1.29 is 14.3 Å². The van der Waals surface area contributed by atoms with Crippen molar-refractivity contribution in [1.29, 1.82) is 0 Å². The molecule has 7 heteroatoms. The van der Waals surface area contributed by atoms with Crippen molar-refractivity contribution in [3.05, 3.63) is 64.7 Å². The first-order valence-electron chi connectivity index (χ1n) is 9.85. The lowest BCUT2D eigenvalue weighted by molar-refractivity contribution is 0.0638. The van der Waals surface area contributed by atoms with Gasteiger partial charge in [0.05, 0.1) is 6.61 Å². The highest BCUT2D eigenvalue weighted by molar-refractivity contribution is 6.30. The molecule has 0 saturated carbocycles. The standard InChI is InChI=1S/C22H26ClN3O3/c1-2-29-22(28)24-20-9-5-18(6-10-20)21(27)26-15-13-25(14-16-26)12-11-17-3-7-19(23)8-4-17/h3-10H,2,11-16H2,1H3,(H,24,28). The van der Waals surface area contributed by atoms with Crippen molar-refractivity contribution in [3.63, 3.8) is 0 Å². The third-order valence-corrected chi connectivity index (χ3v) is 5.20. The van der Waals surface area contributed by atoms with E-state index in [1.807, 2.05) is 17.0 Å². The van der Waals surface area contributed by atoms with Crippen LogP contribution < -0.4 is 5.32 Å². The van der Waals surface area contributed by atoms with Crippen molar-refractivity contribution in [2.45, 2.75) is 13.3 Å². The highest BCUT2D eigenvalue weighted by atomic mass is 35.5. The van der Waals surface area contributed by atoms with Crippen LogP contribution in [0.4, 0.5) is 10.5 Å². The maximum absolute atomic E-state index is 12.7. The Kier molecular flexibility index (Phi) is 7.49. The van der Waals surface area contributed by atoms with Crippen LogP contribution in [0.25, 0.3) is 0 Å². The number of halogens is 1. The fraction of sp³-hybridized carbons (Fsp3) is 0.364. The van der Waals surface area contributed by atoms with Crippen molar-refractivity contribution in [1.82, 2.24) is 9.80 Å². The number of benzene rings is 2. The average Bonchev–Trinajstić information content (AvgIpc) is 2.74. The maximum Gasteiger partial charge on any atom is 0.411 e.